The molecule has 0 atom stereocenters. The second kappa shape index (κ2) is 11.2. The summed E-state index contributed by atoms with van der Waals surface area (Å²) >= 11 is 0. The van der Waals surface area contributed by atoms with Gasteiger partial charge in [-0.3, -0.25) is 4.68 Å². The minimum absolute atomic E-state index is 0.0582. The van der Waals surface area contributed by atoms with Crippen LogP contribution in [0.2, 0.25) is 0 Å². The molecule has 2 N–H and O–H groups in total. The first-order valence-corrected chi connectivity index (χ1v) is 12.6. The summed E-state index contributed by atoms with van der Waals surface area (Å²) in [5, 5.41) is 8.87. The van der Waals surface area contributed by atoms with Crippen LogP contribution in [0, 0.1) is 5.82 Å². The predicted molar refractivity (Wildman–Crippen MR) is 143 cm³/mol. The molecule has 5 rings (SSSR count). The van der Waals surface area contributed by atoms with Gasteiger partial charge in [0.1, 0.15) is 11.6 Å². The van der Waals surface area contributed by atoms with Gasteiger partial charge in [-0.15, -0.1) is 0 Å². The Labute approximate surface area is 227 Å². The van der Waals surface area contributed by atoms with Gasteiger partial charge in [0.05, 0.1) is 23.1 Å². The van der Waals surface area contributed by atoms with Crippen LogP contribution in [0.4, 0.5) is 39.4 Å². The molecule has 1 aliphatic rings. The number of piperidine rings is 1. The van der Waals surface area contributed by atoms with Crippen LogP contribution in [0.1, 0.15) is 24.8 Å². The molecule has 40 heavy (non-hydrogen) atoms. The molecule has 0 radical (unpaired) electrons. The maximum Gasteiger partial charge on any atom is 0.416 e. The van der Waals surface area contributed by atoms with Crippen molar-refractivity contribution in [1.82, 2.24) is 14.8 Å². The van der Waals surface area contributed by atoms with Crippen molar-refractivity contribution in [1.29, 1.82) is 0 Å². The molecule has 0 aliphatic carbocycles. The van der Waals surface area contributed by atoms with Gasteiger partial charge in [-0.25, -0.2) is 14.2 Å². The molecule has 12 heteroatoms. The number of anilines is 3. The fourth-order valence-electron chi connectivity index (χ4n) is 4.44. The lowest BCUT2D eigenvalue weighted by Crippen LogP contribution is -2.30. The Hall–Kier alpha value is -4.61. The summed E-state index contributed by atoms with van der Waals surface area (Å²) in [7, 11) is 1.79. The van der Waals surface area contributed by atoms with Crippen molar-refractivity contribution in [3.8, 4) is 22.9 Å². The number of nitrogens with zero attached hydrogens (tertiary/aromatic N) is 4. The van der Waals surface area contributed by atoms with Gasteiger partial charge in [0, 0.05) is 55.4 Å². The van der Waals surface area contributed by atoms with Crippen LogP contribution in [0.15, 0.2) is 67.0 Å². The first kappa shape index (κ1) is 27.0. The number of carbonyl (C=O) groups is 1. The molecule has 8 nitrogen and oxygen atoms in total. The van der Waals surface area contributed by atoms with Gasteiger partial charge >= 0.3 is 12.2 Å². The molecule has 2 aromatic carbocycles. The first-order chi connectivity index (χ1) is 19.1. The minimum Gasteiger partial charge on any atom is -0.439 e. The zero-order valence-corrected chi connectivity index (χ0v) is 21.5. The van der Waals surface area contributed by atoms with E-state index in [1.165, 1.54) is 18.2 Å². The summed E-state index contributed by atoms with van der Waals surface area (Å²) in [5.41, 5.74) is 0.610. The Kier molecular flexibility index (Phi) is 7.58. The molecule has 1 saturated heterocycles. The highest BCUT2D eigenvalue weighted by Crippen LogP contribution is 2.35. The highest BCUT2D eigenvalue weighted by molar-refractivity contribution is 6.00. The number of aromatic nitrogens is 3. The van der Waals surface area contributed by atoms with Crippen LogP contribution in [0.25, 0.3) is 11.3 Å². The summed E-state index contributed by atoms with van der Waals surface area (Å²) in [5.74, 6) is -0.325. The number of alkyl halides is 3. The number of halogens is 4. The number of aryl methyl sites for hydroxylation is 1. The SMILES string of the molecule is Cn1cc(-c2cccc(Oc3ccc(F)c(NC(=O)Nc4cc(N5CCCCC5)cc(C(F)(F)F)c4)c3)n2)cn1. The van der Waals surface area contributed by atoms with Gasteiger partial charge in [0.15, 0.2) is 0 Å². The molecule has 1 fully saturated rings. The van der Waals surface area contributed by atoms with E-state index in [1.54, 1.807) is 42.3 Å². The normalized spacial score (nSPS) is 13.7. The maximum atomic E-state index is 14.5. The van der Waals surface area contributed by atoms with Crippen LogP contribution in [-0.2, 0) is 13.2 Å². The standard InChI is InChI=1S/C28H26F4N6O2/c1-37-17-18(16-33-37)24-6-5-7-26(35-24)40-22-8-9-23(29)25(15-22)36-27(39)34-20-12-19(28(30,31)32)13-21(14-20)38-10-3-2-4-11-38/h5-9,12-17H,2-4,10-11H2,1H3,(H2,34,36,39). The zero-order chi connectivity index (χ0) is 28.3. The van der Waals surface area contributed by atoms with Gasteiger partial charge in [-0.05, 0) is 55.7 Å². The third-order valence-corrected chi connectivity index (χ3v) is 6.36. The third-order valence-electron chi connectivity index (χ3n) is 6.36. The van der Waals surface area contributed by atoms with Gasteiger partial charge in [0.2, 0.25) is 5.88 Å². The monoisotopic (exact) mass is 554 g/mol. The second-order valence-electron chi connectivity index (χ2n) is 9.40. The number of hydrogen-bond donors (Lipinski definition) is 2. The molecule has 208 valence electrons. The number of pyridine rings is 1. The molecule has 0 saturated carbocycles. The predicted octanol–water partition coefficient (Wildman–Crippen LogP) is 7.07. The van der Waals surface area contributed by atoms with E-state index in [0.29, 0.717) is 24.5 Å². The first-order valence-electron chi connectivity index (χ1n) is 12.6. The van der Waals surface area contributed by atoms with Crippen molar-refractivity contribution < 1.29 is 27.1 Å². The lowest BCUT2D eigenvalue weighted by atomic mass is 10.1. The molecule has 1 aliphatic heterocycles. The summed E-state index contributed by atoms with van der Waals surface area (Å²) in [4.78, 5) is 19.0. The van der Waals surface area contributed by atoms with Crippen molar-refractivity contribution in [3.05, 3.63) is 78.4 Å². The van der Waals surface area contributed by atoms with E-state index in [-0.39, 0.29) is 23.0 Å². The van der Waals surface area contributed by atoms with Crippen LogP contribution in [-0.4, -0.2) is 33.9 Å². The van der Waals surface area contributed by atoms with Crippen molar-refractivity contribution in [2.24, 2.45) is 7.05 Å². The lowest BCUT2D eigenvalue weighted by Gasteiger charge is -2.29. The lowest BCUT2D eigenvalue weighted by molar-refractivity contribution is -0.137. The Bertz CT molecular complexity index is 1510. The van der Waals surface area contributed by atoms with E-state index in [1.807, 2.05) is 4.90 Å². The fourth-order valence-corrected chi connectivity index (χ4v) is 4.44. The van der Waals surface area contributed by atoms with E-state index in [0.717, 1.165) is 43.0 Å². The second-order valence-corrected chi connectivity index (χ2v) is 9.40. The van der Waals surface area contributed by atoms with Gasteiger partial charge < -0.3 is 20.3 Å². The number of nitrogens with one attached hydrogen (secondary N) is 2. The highest BCUT2D eigenvalue weighted by atomic mass is 19.4. The summed E-state index contributed by atoms with van der Waals surface area (Å²) in [6.45, 7) is 1.26. The van der Waals surface area contributed by atoms with E-state index >= 15 is 0 Å². The number of carbonyl (C=O) groups excluding carboxylic acids is 1. The number of rotatable bonds is 6. The Morgan fingerprint density at radius 3 is 2.52 bits per heavy atom. The quantitative estimate of drug-likeness (QED) is 0.249. The molecule has 0 spiro atoms. The largest absolute Gasteiger partial charge is 0.439 e. The maximum absolute atomic E-state index is 14.5. The Morgan fingerprint density at radius 1 is 1.00 bits per heavy atom. The Morgan fingerprint density at radius 2 is 1.80 bits per heavy atom. The van der Waals surface area contributed by atoms with E-state index < -0.39 is 23.6 Å². The molecular formula is C28H26F4N6O2. The molecule has 0 unspecified atom stereocenters. The highest BCUT2D eigenvalue weighted by Gasteiger charge is 2.32. The number of ether oxygens (including phenoxy) is 1. The van der Waals surface area contributed by atoms with Gasteiger partial charge in [0.25, 0.3) is 0 Å². The summed E-state index contributed by atoms with van der Waals surface area (Å²) < 4.78 is 62.7. The van der Waals surface area contributed by atoms with Crippen LogP contribution < -0.4 is 20.3 Å². The van der Waals surface area contributed by atoms with E-state index in [2.05, 4.69) is 20.7 Å². The van der Waals surface area contributed by atoms with E-state index in [9.17, 15) is 22.4 Å². The molecule has 3 heterocycles. The van der Waals surface area contributed by atoms with Gasteiger partial charge in [-0.2, -0.15) is 18.3 Å². The van der Waals surface area contributed by atoms with Crippen LogP contribution in [0.5, 0.6) is 11.6 Å². The topological polar surface area (TPSA) is 84.3 Å². The summed E-state index contributed by atoms with van der Waals surface area (Å²) in [6, 6.07) is 11.4. The fraction of sp³-hybridized carbons (Fsp3) is 0.250. The van der Waals surface area contributed by atoms with Crippen LogP contribution >= 0.6 is 0 Å². The zero-order valence-electron chi connectivity index (χ0n) is 21.5. The molecular weight excluding hydrogens is 528 g/mol. The smallest absolute Gasteiger partial charge is 0.416 e. The average molecular weight is 555 g/mol. The van der Waals surface area contributed by atoms with Crippen molar-refractivity contribution in [3.63, 3.8) is 0 Å². The molecule has 4 aromatic rings. The third kappa shape index (κ3) is 6.50. The minimum atomic E-state index is -4.60. The molecule has 2 amide bonds. The van der Waals surface area contributed by atoms with Crippen LogP contribution in [0.3, 0.4) is 0 Å². The number of benzene rings is 2. The molecule has 0 bridgehead atoms. The average Bonchev–Trinajstić information content (AvgIpc) is 3.37. The number of urea groups is 1. The van der Waals surface area contributed by atoms with Crippen molar-refractivity contribution in [2.75, 3.05) is 28.6 Å². The number of amides is 2. The molecule has 2 aromatic heterocycles. The van der Waals surface area contributed by atoms with E-state index in [4.69, 9.17) is 4.74 Å². The van der Waals surface area contributed by atoms with Crippen molar-refractivity contribution >= 4 is 23.1 Å². The Balaban J connectivity index is 1.31. The summed E-state index contributed by atoms with van der Waals surface area (Å²) in [6.07, 6.45) is 1.62. The van der Waals surface area contributed by atoms with Gasteiger partial charge in [-0.1, -0.05) is 6.07 Å². The van der Waals surface area contributed by atoms with Crippen molar-refractivity contribution in [2.45, 2.75) is 25.4 Å². The number of hydrogen-bond acceptors (Lipinski definition) is 5.